The van der Waals surface area contributed by atoms with Crippen LogP contribution in [0.15, 0.2) is 79.4 Å². The van der Waals surface area contributed by atoms with Crippen molar-refractivity contribution in [2.45, 2.75) is 26.8 Å². The van der Waals surface area contributed by atoms with Crippen molar-refractivity contribution in [3.05, 3.63) is 101 Å². The third kappa shape index (κ3) is 4.80. The summed E-state index contributed by atoms with van der Waals surface area (Å²) in [4.78, 5) is 44.5. The minimum Gasteiger partial charge on any atom is -0.463 e. The van der Waals surface area contributed by atoms with Crippen LogP contribution in [0.4, 0.5) is 0 Å². The van der Waals surface area contributed by atoms with Gasteiger partial charge in [-0.3, -0.25) is 9.36 Å². The number of carbonyl (C=O) groups is 2. The number of nitrogens with zero attached hydrogens (tertiary/aromatic N) is 2. The third-order valence-corrected chi connectivity index (χ3v) is 7.80. The fraction of sp³-hybridized carbons (Fsp3) is 0.214. The van der Waals surface area contributed by atoms with E-state index in [1.54, 1.807) is 61.7 Å². The van der Waals surface area contributed by atoms with Gasteiger partial charge in [0.1, 0.15) is 17.6 Å². The van der Waals surface area contributed by atoms with Gasteiger partial charge in [-0.15, -0.1) is 11.3 Å². The molecular formula is C28H24N2O6S2. The normalized spacial score (nSPS) is 15.2. The van der Waals surface area contributed by atoms with Gasteiger partial charge in [0.05, 0.1) is 34.6 Å². The summed E-state index contributed by atoms with van der Waals surface area (Å²) >= 11 is 2.69. The van der Waals surface area contributed by atoms with Gasteiger partial charge in [-0.2, -0.15) is 0 Å². The van der Waals surface area contributed by atoms with Crippen LogP contribution in [0.2, 0.25) is 0 Å². The largest absolute Gasteiger partial charge is 0.463 e. The summed E-state index contributed by atoms with van der Waals surface area (Å²) in [7, 11) is 0. The molecule has 0 spiro atoms. The molecule has 1 aliphatic heterocycles. The van der Waals surface area contributed by atoms with Crippen molar-refractivity contribution in [1.29, 1.82) is 0 Å². The van der Waals surface area contributed by atoms with Crippen molar-refractivity contribution in [2.75, 3.05) is 13.2 Å². The molecule has 0 bridgehead atoms. The minimum absolute atomic E-state index is 0.223. The first-order valence-electron chi connectivity index (χ1n) is 12.0. The van der Waals surface area contributed by atoms with Gasteiger partial charge < -0.3 is 13.9 Å². The maximum atomic E-state index is 13.6. The fourth-order valence-corrected chi connectivity index (χ4v) is 6.09. The zero-order chi connectivity index (χ0) is 26.8. The number of hydrogen-bond donors (Lipinski definition) is 0. The first-order chi connectivity index (χ1) is 18.4. The molecule has 0 amide bonds. The van der Waals surface area contributed by atoms with E-state index in [4.69, 9.17) is 13.9 Å². The van der Waals surface area contributed by atoms with Crippen LogP contribution in [-0.4, -0.2) is 29.7 Å². The molecule has 10 heteroatoms. The van der Waals surface area contributed by atoms with E-state index in [2.05, 4.69) is 4.99 Å². The second-order valence-electron chi connectivity index (χ2n) is 8.32. The summed E-state index contributed by atoms with van der Waals surface area (Å²) in [6.07, 6.45) is 1.66. The highest BCUT2D eigenvalue weighted by Crippen LogP contribution is 2.33. The standard InChI is InChI=1S/C28H24N2O6S2/c1-4-34-26(32)18-9-6-8-17(14-18)20-12-11-19(36-20)15-22-25(31)30-24(21-10-7-13-37-21)23(27(33)35-5-2)16(3)29-28(30)38-22/h6-15,24H,4-5H2,1-3H3/b22-15-/t24-/m0/s1. The van der Waals surface area contributed by atoms with Gasteiger partial charge in [0.25, 0.3) is 5.56 Å². The van der Waals surface area contributed by atoms with Crippen molar-refractivity contribution >= 4 is 40.7 Å². The Morgan fingerprint density at radius 1 is 1.08 bits per heavy atom. The highest BCUT2D eigenvalue weighted by molar-refractivity contribution is 7.10. The van der Waals surface area contributed by atoms with Crippen molar-refractivity contribution in [3.63, 3.8) is 0 Å². The minimum atomic E-state index is -0.620. The number of rotatable bonds is 7. The van der Waals surface area contributed by atoms with Gasteiger partial charge in [-0.05, 0) is 56.5 Å². The summed E-state index contributed by atoms with van der Waals surface area (Å²) in [5.74, 6) is 0.134. The Morgan fingerprint density at radius 2 is 1.87 bits per heavy atom. The Balaban J connectivity index is 1.55. The molecule has 3 aromatic heterocycles. The number of thiophene rings is 1. The van der Waals surface area contributed by atoms with Crippen LogP contribution in [0, 0.1) is 0 Å². The van der Waals surface area contributed by atoms with E-state index in [1.165, 1.54) is 22.7 Å². The maximum Gasteiger partial charge on any atom is 0.338 e. The number of allylic oxidation sites excluding steroid dienone is 1. The molecule has 194 valence electrons. The van der Waals surface area contributed by atoms with E-state index in [-0.39, 0.29) is 12.2 Å². The average molecular weight is 549 g/mol. The number of benzene rings is 1. The number of furan rings is 1. The van der Waals surface area contributed by atoms with Gasteiger partial charge in [0.2, 0.25) is 0 Å². The summed E-state index contributed by atoms with van der Waals surface area (Å²) < 4.78 is 18.4. The lowest BCUT2D eigenvalue weighted by Crippen LogP contribution is -2.39. The monoisotopic (exact) mass is 548 g/mol. The molecule has 1 atom stereocenters. The van der Waals surface area contributed by atoms with Crippen LogP contribution in [0.25, 0.3) is 17.4 Å². The lowest BCUT2D eigenvalue weighted by molar-refractivity contribution is -0.139. The van der Waals surface area contributed by atoms with Crippen LogP contribution >= 0.6 is 22.7 Å². The summed E-state index contributed by atoms with van der Waals surface area (Å²) in [6.45, 7) is 5.77. The van der Waals surface area contributed by atoms with Crippen molar-refractivity contribution < 1.29 is 23.5 Å². The van der Waals surface area contributed by atoms with Crippen LogP contribution in [0.3, 0.4) is 0 Å². The quantitative estimate of drug-likeness (QED) is 0.320. The predicted molar refractivity (Wildman–Crippen MR) is 145 cm³/mol. The summed E-state index contributed by atoms with van der Waals surface area (Å²) in [6, 6.07) is 13.7. The van der Waals surface area contributed by atoms with E-state index in [1.807, 2.05) is 23.6 Å². The molecule has 38 heavy (non-hydrogen) atoms. The molecule has 0 radical (unpaired) electrons. The van der Waals surface area contributed by atoms with Crippen molar-refractivity contribution in [1.82, 2.24) is 4.57 Å². The smallest absolute Gasteiger partial charge is 0.338 e. The van der Waals surface area contributed by atoms with Gasteiger partial charge in [0.15, 0.2) is 4.80 Å². The Hall–Kier alpha value is -4.02. The first kappa shape index (κ1) is 25.6. The number of carbonyl (C=O) groups excluding carboxylic acids is 2. The van der Waals surface area contributed by atoms with Crippen LogP contribution < -0.4 is 14.9 Å². The lowest BCUT2D eigenvalue weighted by Gasteiger charge is -2.23. The Morgan fingerprint density at radius 3 is 2.61 bits per heavy atom. The highest BCUT2D eigenvalue weighted by atomic mass is 32.1. The number of aromatic nitrogens is 1. The summed E-state index contributed by atoms with van der Waals surface area (Å²) in [5.41, 5.74) is 1.75. The second kappa shape index (κ2) is 10.8. The zero-order valence-corrected chi connectivity index (χ0v) is 22.6. The number of thiazole rings is 1. The topological polar surface area (TPSA) is 100 Å². The molecule has 1 aromatic carbocycles. The maximum absolute atomic E-state index is 13.6. The van der Waals surface area contributed by atoms with E-state index < -0.39 is 18.0 Å². The summed E-state index contributed by atoms with van der Waals surface area (Å²) in [5, 5.41) is 1.91. The van der Waals surface area contributed by atoms with Gasteiger partial charge in [0, 0.05) is 16.5 Å². The van der Waals surface area contributed by atoms with E-state index in [0.29, 0.717) is 49.9 Å². The van der Waals surface area contributed by atoms with Gasteiger partial charge in [-0.1, -0.05) is 29.5 Å². The van der Waals surface area contributed by atoms with Gasteiger partial charge in [-0.25, -0.2) is 14.6 Å². The highest BCUT2D eigenvalue weighted by Gasteiger charge is 2.33. The molecule has 0 fully saturated rings. The Kier molecular flexibility index (Phi) is 7.26. The second-order valence-corrected chi connectivity index (χ2v) is 10.3. The number of hydrogen-bond acceptors (Lipinski definition) is 9. The van der Waals surface area contributed by atoms with E-state index in [0.717, 1.165) is 4.88 Å². The Labute approximate surface area is 225 Å². The molecule has 0 saturated heterocycles. The van der Waals surface area contributed by atoms with Crippen LogP contribution in [-0.2, 0) is 14.3 Å². The number of ether oxygens (including phenoxy) is 2. The zero-order valence-electron chi connectivity index (χ0n) is 20.9. The molecule has 8 nitrogen and oxygen atoms in total. The van der Waals surface area contributed by atoms with Crippen LogP contribution in [0.5, 0.6) is 0 Å². The molecule has 4 heterocycles. The number of esters is 2. The molecular weight excluding hydrogens is 524 g/mol. The molecule has 1 aliphatic rings. The van der Waals surface area contributed by atoms with Crippen molar-refractivity contribution in [3.8, 4) is 11.3 Å². The number of fused-ring (bicyclic) bond motifs is 1. The van der Waals surface area contributed by atoms with E-state index >= 15 is 0 Å². The average Bonchev–Trinajstić information content (AvgIpc) is 3.66. The molecule has 0 N–H and O–H groups in total. The van der Waals surface area contributed by atoms with Gasteiger partial charge >= 0.3 is 11.9 Å². The first-order valence-corrected chi connectivity index (χ1v) is 13.7. The molecule has 0 unspecified atom stereocenters. The molecule has 0 aliphatic carbocycles. The van der Waals surface area contributed by atoms with Crippen molar-refractivity contribution in [2.24, 2.45) is 4.99 Å². The predicted octanol–water partition coefficient (Wildman–Crippen LogP) is 4.30. The lowest BCUT2D eigenvalue weighted by atomic mass is 10.0. The molecule has 5 rings (SSSR count). The fourth-order valence-electron chi connectivity index (χ4n) is 4.24. The SMILES string of the molecule is CCOC(=O)C1=C(C)N=c2s/c(=C\c3ccc(-c4cccc(C(=O)OCC)c4)o3)c(=O)n2[C@H]1c1cccs1. The van der Waals surface area contributed by atoms with E-state index in [9.17, 15) is 14.4 Å². The Bertz CT molecular complexity index is 1720. The molecule has 4 aromatic rings. The third-order valence-electron chi connectivity index (χ3n) is 5.89. The van der Waals surface area contributed by atoms with Crippen LogP contribution in [0.1, 0.15) is 47.8 Å². The molecule has 0 saturated carbocycles.